The Labute approximate surface area is 101 Å². The Morgan fingerprint density at radius 3 is 2.72 bits per heavy atom. The summed E-state index contributed by atoms with van der Waals surface area (Å²) in [5.74, 6) is 0.502. The van der Waals surface area contributed by atoms with Gasteiger partial charge in [-0.2, -0.15) is 5.26 Å². The van der Waals surface area contributed by atoms with Crippen molar-refractivity contribution >= 4 is 5.82 Å². The fourth-order valence-electron chi connectivity index (χ4n) is 1.21. The van der Waals surface area contributed by atoms with E-state index in [-0.39, 0.29) is 11.5 Å². The Kier molecular flexibility index (Phi) is 3.11. The lowest BCUT2D eigenvalue weighted by atomic mass is 10.3. The number of pyridine rings is 2. The summed E-state index contributed by atoms with van der Waals surface area (Å²) in [7, 11) is 0. The lowest BCUT2D eigenvalue weighted by molar-refractivity contribution is -0.389. The first-order chi connectivity index (χ1) is 8.69. The van der Waals surface area contributed by atoms with E-state index in [1.54, 1.807) is 6.07 Å². The van der Waals surface area contributed by atoms with Gasteiger partial charge < -0.3 is 14.9 Å². The molecule has 2 aromatic heterocycles. The van der Waals surface area contributed by atoms with Crippen LogP contribution in [-0.2, 0) is 0 Å². The fraction of sp³-hybridized carbons (Fsp3) is 0. The molecule has 0 aliphatic carbocycles. The summed E-state index contributed by atoms with van der Waals surface area (Å²) in [6, 6.07) is 7.58. The standard InChI is InChI=1S/C11H6N4O3/c12-6-8-5-9(3-4-13-8)18-10-1-2-11(14-7-10)15(16)17/h1-5,7H. The topological polar surface area (TPSA) is 102 Å². The maximum Gasteiger partial charge on any atom is 0.363 e. The van der Waals surface area contributed by atoms with E-state index in [0.29, 0.717) is 11.5 Å². The van der Waals surface area contributed by atoms with E-state index in [0.717, 1.165) is 0 Å². The van der Waals surface area contributed by atoms with Crippen molar-refractivity contribution < 1.29 is 9.66 Å². The van der Waals surface area contributed by atoms with Gasteiger partial charge in [-0.1, -0.05) is 0 Å². The van der Waals surface area contributed by atoms with E-state index < -0.39 is 4.92 Å². The lowest BCUT2D eigenvalue weighted by Crippen LogP contribution is -1.92. The number of hydrogen-bond acceptors (Lipinski definition) is 6. The second-order valence-electron chi connectivity index (χ2n) is 3.20. The van der Waals surface area contributed by atoms with E-state index in [1.807, 2.05) is 6.07 Å². The summed E-state index contributed by atoms with van der Waals surface area (Å²) in [4.78, 5) is 17.2. The third kappa shape index (κ3) is 2.56. The first-order valence-corrected chi connectivity index (χ1v) is 4.83. The molecule has 0 N–H and O–H groups in total. The average Bonchev–Trinajstić information content (AvgIpc) is 2.39. The van der Waals surface area contributed by atoms with Crippen LogP contribution in [0.4, 0.5) is 5.82 Å². The molecule has 0 amide bonds. The third-order valence-corrected chi connectivity index (χ3v) is 1.99. The van der Waals surface area contributed by atoms with Crippen LogP contribution in [-0.4, -0.2) is 14.9 Å². The third-order valence-electron chi connectivity index (χ3n) is 1.99. The highest BCUT2D eigenvalue weighted by molar-refractivity contribution is 5.35. The maximum atomic E-state index is 10.4. The van der Waals surface area contributed by atoms with Crippen molar-refractivity contribution in [3.8, 4) is 17.6 Å². The smallest absolute Gasteiger partial charge is 0.363 e. The van der Waals surface area contributed by atoms with Crippen molar-refractivity contribution in [3.05, 3.63) is 52.5 Å². The van der Waals surface area contributed by atoms with Gasteiger partial charge in [-0.3, -0.25) is 0 Å². The number of aromatic nitrogens is 2. The molecule has 0 aliphatic rings. The minimum Gasteiger partial charge on any atom is -0.453 e. The zero-order valence-electron chi connectivity index (χ0n) is 8.98. The van der Waals surface area contributed by atoms with Gasteiger partial charge in [-0.25, -0.2) is 4.98 Å². The maximum absolute atomic E-state index is 10.4. The Hall–Kier alpha value is -3.01. The Bertz CT molecular complexity index is 619. The van der Waals surface area contributed by atoms with Crippen molar-refractivity contribution in [2.24, 2.45) is 0 Å². The van der Waals surface area contributed by atoms with E-state index >= 15 is 0 Å². The minimum atomic E-state index is -0.593. The molecule has 2 heterocycles. The van der Waals surface area contributed by atoms with E-state index in [9.17, 15) is 10.1 Å². The second-order valence-corrected chi connectivity index (χ2v) is 3.20. The quantitative estimate of drug-likeness (QED) is 0.602. The van der Waals surface area contributed by atoms with Gasteiger partial charge in [0.2, 0.25) is 0 Å². The molecule has 2 aromatic rings. The molecule has 0 atom stereocenters. The van der Waals surface area contributed by atoms with Crippen LogP contribution in [0.15, 0.2) is 36.7 Å². The molecule has 0 spiro atoms. The van der Waals surface area contributed by atoms with Crippen LogP contribution in [0.1, 0.15) is 5.69 Å². The summed E-state index contributed by atoms with van der Waals surface area (Å²) in [6.07, 6.45) is 2.68. The predicted octanol–water partition coefficient (Wildman–Crippen LogP) is 2.05. The van der Waals surface area contributed by atoms with Gasteiger partial charge in [0.15, 0.2) is 11.9 Å². The molecule has 7 heteroatoms. The number of nitro groups is 1. The average molecular weight is 242 g/mol. The Morgan fingerprint density at radius 2 is 2.11 bits per heavy atom. The van der Waals surface area contributed by atoms with Gasteiger partial charge in [-0.05, 0) is 22.0 Å². The van der Waals surface area contributed by atoms with Crippen LogP contribution in [0, 0.1) is 21.4 Å². The zero-order chi connectivity index (χ0) is 13.0. The Morgan fingerprint density at radius 1 is 1.28 bits per heavy atom. The summed E-state index contributed by atoms with van der Waals surface area (Å²) < 4.78 is 5.38. The molecular weight excluding hydrogens is 236 g/mol. The molecule has 0 radical (unpaired) electrons. The number of hydrogen-bond donors (Lipinski definition) is 0. The number of ether oxygens (including phenoxy) is 1. The SMILES string of the molecule is N#Cc1cc(Oc2ccc([N+](=O)[O-])nc2)ccn1. The van der Waals surface area contributed by atoms with Crippen molar-refractivity contribution in [1.29, 1.82) is 5.26 Å². The van der Waals surface area contributed by atoms with Gasteiger partial charge in [0.1, 0.15) is 17.5 Å². The highest BCUT2D eigenvalue weighted by atomic mass is 16.6. The van der Waals surface area contributed by atoms with Gasteiger partial charge in [0.25, 0.3) is 0 Å². The molecule has 0 aliphatic heterocycles. The molecule has 88 valence electrons. The van der Waals surface area contributed by atoms with Crippen LogP contribution < -0.4 is 4.74 Å². The summed E-state index contributed by atoms with van der Waals surface area (Å²) in [5.41, 5.74) is 0.224. The summed E-state index contributed by atoms with van der Waals surface area (Å²) >= 11 is 0. The number of nitrogens with zero attached hydrogens (tertiary/aromatic N) is 4. The minimum absolute atomic E-state index is 0.224. The van der Waals surface area contributed by atoms with Crippen LogP contribution in [0.5, 0.6) is 11.5 Å². The zero-order valence-corrected chi connectivity index (χ0v) is 8.98. The van der Waals surface area contributed by atoms with Gasteiger partial charge in [0, 0.05) is 18.3 Å². The van der Waals surface area contributed by atoms with Crippen LogP contribution in [0.25, 0.3) is 0 Å². The fourth-order valence-corrected chi connectivity index (χ4v) is 1.21. The van der Waals surface area contributed by atoms with Crippen molar-refractivity contribution in [2.75, 3.05) is 0 Å². The Balaban J connectivity index is 2.18. The predicted molar refractivity (Wildman–Crippen MR) is 59.9 cm³/mol. The van der Waals surface area contributed by atoms with Crippen molar-refractivity contribution in [1.82, 2.24) is 9.97 Å². The van der Waals surface area contributed by atoms with Crippen LogP contribution >= 0.6 is 0 Å². The molecule has 0 saturated carbocycles. The molecule has 0 saturated heterocycles. The van der Waals surface area contributed by atoms with E-state index in [4.69, 9.17) is 10.00 Å². The number of nitriles is 1. The van der Waals surface area contributed by atoms with Gasteiger partial charge in [-0.15, -0.1) is 0 Å². The molecule has 2 rings (SSSR count). The first-order valence-electron chi connectivity index (χ1n) is 4.83. The second kappa shape index (κ2) is 4.88. The number of rotatable bonds is 3. The van der Waals surface area contributed by atoms with Gasteiger partial charge >= 0.3 is 5.82 Å². The monoisotopic (exact) mass is 242 g/mol. The van der Waals surface area contributed by atoms with Crippen LogP contribution in [0.3, 0.4) is 0 Å². The molecule has 0 bridgehead atoms. The highest BCUT2D eigenvalue weighted by Crippen LogP contribution is 2.21. The lowest BCUT2D eigenvalue weighted by Gasteiger charge is -2.03. The van der Waals surface area contributed by atoms with Crippen LogP contribution in [0.2, 0.25) is 0 Å². The molecular formula is C11H6N4O3. The molecule has 18 heavy (non-hydrogen) atoms. The molecule has 0 aromatic carbocycles. The highest BCUT2D eigenvalue weighted by Gasteiger charge is 2.07. The van der Waals surface area contributed by atoms with Crippen molar-refractivity contribution in [3.63, 3.8) is 0 Å². The first kappa shape index (κ1) is 11.5. The largest absolute Gasteiger partial charge is 0.453 e. The molecule has 0 unspecified atom stereocenters. The molecule has 7 nitrogen and oxygen atoms in total. The van der Waals surface area contributed by atoms with Crippen molar-refractivity contribution in [2.45, 2.75) is 0 Å². The normalized spacial score (nSPS) is 9.50. The molecule has 0 fully saturated rings. The van der Waals surface area contributed by atoms with Gasteiger partial charge in [0.05, 0.1) is 0 Å². The van der Waals surface area contributed by atoms with E-state index in [1.165, 1.54) is 30.6 Å². The summed E-state index contributed by atoms with van der Waals surface area (Å²) in [6.45, 7) is 0. The summed E-state index contributed by atoms with van der Waals surface area (Å²) in [5, 5.41) is 19.1. The van der Waals surface area contributed by atoms with E-state index in [2.05, 4.69) is 9.97 Å².